The SMILES string of the molecule is CC1CCCCN1CCCNC(=O)CCCSc1nc2ccccc2c(=O)n1-c1cccc(F)c1. The van der Waals surface area contributed by atoms with Gasteiger partial charge in [-0.25, -0.2) is 9.37 Å². The molecule has 1 aromatic heterocycles. The summed E-state index contributed by atoms with van der Waals surface area (Å²) in [6.45, 7) is 5.17. The highest BCUT2D eigenvalue weighted by Gasteiger charge is 2.17. The van der Waals surface area contributed by atoms with Gasteiger partial charge in [-0.15, -0.1) is 0 Å². The van der Waals surface area contributed by atoms with Crippen molar-refractivity contribution >= 4 is 28.6 Å². The molecule has 35 heavy (non-hydrogen) atoms. The van der Waals surface area contributed by atoms with Gasteiger partial charge < -0.3 is 10.2 Å². The second kappa shape index (κ2) is 12.3. The zero-order valence-corrected chi connectivity index (χ0v) is 21.0. The van der Waals surface area contributed by atoms with Gasteiger partial charge in [0.2, 0.25) is 5.91 Å². The summed E-state index contributed by atoms with van der Waals surface area (Å²) in [5.41, 5.74) is 0.814. The first-order valence-electron chi connectivity index (χ1n) is 12.4. The average molecular weight is 497 g/mol. The third-order valence-electron chi connectivity index (χ3n) is 6.48. The number of piperidine rings is 1. The summed E-state index contributed by atoms with van der Waals surface area (Å²) in [4.78, 5) is 32.7. The number of thioether (sulfide) groups is 1. The molecular formula is C27H33FN4O2S. The minimum Gasteiger partial charge on any atom is -0.356 e. The first kappa shape index (κ1) is 25.4. The predicted octanol–water partition coefficient (Wildman–Crippen LogP) is 4.78. The molecule has 1 fully saturated rings. The second-order valence-electron chi connectivity index (χ2n) is 9.07. The molecule has 0 radical (unpaired) electrons. The first-order valence-corrected chi connectivity index (χ1v) is 13.4. The molecule has 1 saturated heterocycles. The van der Waals surface area contributed by atoms with Crippen LogP contribution in [0, 0.1) is 5.82 Å². The third kappa shape index (κ3) is 6.70. The van der Waals surface area contributed by atoms with Gasteiger partial charge >= 0.3 is 0 Å². The van der Waals surface area contributed by atoms with Gasteiger partial charge in [0.05, 0.1) is 16.6 Å². The van der Waals surface area contributed by atoms with E-state index in [-0.39, 0.29) is 11.5 Å². The van der Waals surface area contributed by atoms with Crippen molar-refractivity contribution in [2.75, 3.05) is 25.4 Å². The maximum Gasteiger partial charge on any atom is 0.266 e. The minimum absolute atomic E-state index is 0.0475. The summed E-state index contributed by atoms with van der Waals surface area (Å²) in [7, 11) is 0. The summed E-state index contributed by atoms with van der Waals surface area (Å²) < 4.78 is 15.3. The number of aromatic nitrogens is 2. The molecule has 1 amide bonds. The Bertz CT molecular complexity index is 1220. The number of hydrogen-bond donors (Lipinski definition) is 1. The van der Waals surface area contributed by atoms with Crippen molar-refractivity contribution in [2.24, 2.45) is 0 Å². The normalized spacial score (nSPS) is 16.5. The Morgan fingerprint density at radius 1 is 1.17 bits per heavy atom. The lowest BCUT2D eigenvalue weighted by molar-refractivity contribution is -0.121. The number of nitrogens with zero attached hydrogens (tertiary/aromatic N) is 3. The largest absolute Gasteiger partial charge is 0.356 e. The maximum atomic E-state index is 13.9. The number of benzene rings is 2. The van der Waals surface area contributed by atoms with Crippen LogP contribution in [0.3, 0.4) is 0 Å². The van der Waals surface area contributed by atoms with Crippen molar-refractivity contribution < 1.29 is 9.18 Å². The number of likely N-dealkylation sites (tertiary alicyclic amines) is 1. The van der Waals surface area contributed by atoms with Crippen LogP contribution in [0.15, 0.2) is 58.5 Å². The van der Waals surface area contributed by atoms with E-state index in [4.69, 9.17) is 0 Å². The lowest BCUT2D eigenvalue weighted by atomic mass is 10.0. The molecule has 0 spiro atoms. The molecule has 1 aliphatic heterocycles. The van der Waals surface area contributed by atoms with E-state index >= 15 is 0 Å². The zero-order valence-electron chi connectivity index (χ0n) is 20.2. The Balaban J connectivity index is 1.31. The van der Waals surface area contributed by atoms with E-state index in [1.54, 1.807) is 30.3 Å². The smallest absolute Gasteiger partial charge is 0.266 e. The van der Waals surface area contributed by atoms with Gasteiger partial charge in [0.15, 0.2) is 5.16 Å². The Morgan fingerprint density at radius 2 is 2.03 bits per heavy atom. The molecule has 186 valence electrons. The van der Waals surface area contributed by atoms with Crippen LogP contribution in [0.4, 0.5) is 4.39 Å². The Hall–Kier alpha value is -2.71. The van der Waals surface area contributed by atoms with Crippen LogP contribution in [-0.2, 0) is 4.79 Å². The van der Waals surface area contributed by atoms with E-state index in [9.17, 15) is 14.0 Å². The van der Waals surface area contributed by atoms with Crippen LogP contribution in [0.2, 0.25) is 0 Å². The van der Waals surface area contributed by atoms with Crippen molar-refractivity contribution in [2.45, 2.75) is 56.6 Å². The summed E-state index contributed by atoms with van der Waals surface area (Å²) >= 11 is 1.41. The molecule has 2 aromatic carbocycles. The Labute approximate surface area is 209 Å². The van der Waals surface area contributed by atoms with E-state index in [0.29, 0.717) is 52.9 Å². The molecule has 0 aliphatic carbocycles. The predicted molar refractivity (Wildman–Crippen MR) is 140 cm³/mol. The third-order valence-corrected chi connectivity index (χ3v) is 7.50. The van der Waals surface area contributed by atoms with Crippen LogP contribution in [0.5, 0.6) is 0 Å². The van der Waals surface area contributed by atoms with Gasteiger partial charge in [-0.2, -0.15) is 0 Å². The number of rotatable bonds is 10. The van der Waals surface area contributed by atoms with E-state index in [2.05, 4.69) is 22.1 Å². The molecular weight excluding hydrogens is 463 g/mol. The van der Waals surface area contributed by atoms with E-state index < -0.39 is 5.82 Å². The van der Waals surface area contributed by atoms with Crippen LogP contribution >= 0.6 is 11.8 Å². The van der Waals surface area contributed by atoms with Gasteiger partial charge in [-0.1, -0.05) is 36.4 Å². The number of carbonyl (C=O) groups excluding carboxylic acids is 1. The van der Waals surface area contributed by atoms with Crippen molar-refractivity contribution in [1.29, 1.82) is 0 Å². The molecule has 8 heteroatoms. The lowest BCUT2D eigenvalue weighted by Gasteiger charge is -2.33. The minimum atomic E-state index is -0.412. The average Bonchev–Trinajstić information content (AvgIpc) is 2.85. The van der Waals surface area contributed by atoms with Gasteiger partial charge in [0, 0.05) is 31.3 Å². The molecule has 4 rings (SSSR count). The number of hydrogen-bond acceptors (Lipinski definition) is 5. The number of amides is 1. The van der Waals surface area contributed by atoms with Crippen molar-refractivity contribution in [3.8, 4) is 5.69 Å². The molecule has 0 bridgehead atoms. The van der Waals surface area contributed by atoms with Crippen molar-refractivity contribution in [3.05, 3.63) is 64.7 Å². The Morgan fingerprint density at radius 3 is 2.86 bits per heavy atom. The summed E-state index contributed by atoms with van der Waals surface area (Å²) in [5, 5.41) is 4.01. The van der Waals surface area contributed by atoms with Gasteiger partial charge in [0.1, 0.15) is 5.82 Å². The van der Waals surface area contributed by atoms with Crippen LogP contribution < -0.4 is 10.9 Å². The van der Waals surface area contributed by atoms with E-state index in [0.717, 1.165) is 19.5 Å². The molecule has 2 heterocycles. The molecule has 1 atom stereocenters. The number of para-hydroxylation sites is 1. The maximum absolute atomic E-state index is 13.9. The van der Waals surface area contributed by atoms with Gasteiger partial charge in [-0.05, 0) is 69.5 Å². The molecule has 1 unspecified atom stereocenters. The van der Waals surface area contributed by atoms with Crippen LogP contribution in [0.1, 0.15) is 45.4 Å². The van der Waals surface area contributed by atoms with Gasteiger partial charge in [0.25, 0.3) is 5.56 Å². The number of nitrogens with one attached hydrogen (secondary N) is 1. The fourth-order valence-electron chi connectivity index (χ4n) is 4.54. The highest BCUT2D eigenvalue weighted by atomic mass is 32.2. The monoisotopic (exact) mass is 496 g/mol. The zero-order chi connectivity index (χ0) is 24.6. The second-order valence-corrected chi connectivity index (χ2v) is 10.1. The standard InChI is InChI=1S/C27H33FN4O2S/c1-20-9-4-5-16-31(20)17-8-15-29-25(33)14-7-18-35-27-30-24-13-3-2-12-23(24)26(34)32(27)22-11-6-10-21(28)19-22/h2-3,6,10-13,19-20H,4-5,7-9,14-18H2,1H3,(H,29,33). The topological polar surface area (TPSA) is 67.2 Å². The van der Waals surface area contributed by atoms with E-state index in [1.807, 2.05) is 6.07 Å². The molecule has 3 aromatic rings. The molecule has 0 saturated carbocycles. The highest BCUT2D eigenvalue weighted by Crippen LogP contribution is 2.23. The van der Waals surface area contributed by atoms with Crippen LogP contribution in [0.25, 0.3) is 16.6 Å². The molecule has 1 N–H and O–H groups in total. The van der Waals surface area contributed by atoms with Gasteiger partial charge in [-0.3, -0.25) is 14.2 Å². The number of fused-ring (bicyclic) bond motifs is 1. The lowest BCUT2D eigenvalue weighted by Crippen LogP contribution is -2.39. The van der Waals surface area contributed by atoms with E-state index in [1.165, 1.54) is 47.7 Å². The fourth-order valence-corrected chi connectivity index (χ4v) is 5.49. The number of carbonyl (C=O) groups is 1. The Kier molecular flexibility index (Phi) is 8.93. The highest BCUT2D eigenvalue weighted by molar-refractivity contribution is 7.99. The van der Waals surface area contributed by atoms with Crippen LogP contribution in [-0.4, -0.2) is 51.8 Å². The quantitative estimate of drug-likeness (QED) is 0.249. The number of halogens is 1. The molecule has 6 nitrogen and oxygen atoms in total. The fraction of sp³-hybridized carbons (Fsp3) is 0.444. The van der Waals surface area contributed by atoms with Crippen molar-refractivity contribution in [3.63, 3.8) is 0 Å². The summed E-state index contributed by atoms with van der Waals surface area (Å²) in [5.74, 6) is 0.259. The summed E-state index contributed by atoms with van der Waals surface area (Å²) in [6, 6.07) is 13.8. The van der Waals surface area contributed by atoms with Crippen molar-refractivity contribution in [1.82, 2.24) is 19.8 Å². The molecule has 1 aliphatic rings. The summed E-state index contributed by atoms with van der Waals surface area (Å²) in [6.07, 6.45) is 5.90. The first-order chi connectivity index (χ1) is 17.0.